The summed E-state index contributed by atoms with van der Waals surface area (Å²) >= 11 is 0. The van der Waals surface area contributed by atoms with Crippen LogP contribution >= 0.6 is 0 Å². The van der Waals surface area contributed by atoms with Gasteiger partial charge in [-0.1, -0.05) is 181 Å². The first-order chi connectivity index (χ1) is 31.3. The molecule has 0 bridgehead atoms. The Morgan fingerprint density at radius 1 is 0.460 bits per heavy atom. The van der Waals surface area contributed by atoms with Crippen molar-refractivity contribution in [3.63, 3.8) is 0 Å². The van der Waals surface area contributed by atoms with E-state index in [1.165, 1.54) is 66.4 Å². The monoisotopic (exact) mass is 799 g/mol. The molecule has 0 fully saturated rings. The smallest absolute Gasteiger partial charge is 0.198 e. The molecular formula is C59H36BN2O. The molecule has 1 spiro atoms. The number of hydrogen-bond donors (Lipinski definition) is 1. The van der Waals surface area contributed by atoms with Gasteiger partial charge in [0.1, 0.15) is 5.58 Å². The Labute approximate surface area is 365 Å². The quantitative estimate of drug-likeness (QED) is 0.180. The number of nitrogens with one attached hydrogen (secondary N) is 1. The van der Waals surface area contributed by atoms with Crippen LogP contribution in [0, 0.1) is 0 Å². The number of benzene rings is 10. The van der Waals surface area contributed by atoms with E-state index in [0.717, 1.165) is 61.3 Å². The first-order valence-electron chi connectivity index (χ1n) is 21.8. The normalized spacial score (nSPS) is 13.6. The van der Waals surface area contributed by atoms with Crippen molar-refractivity contribution < 1.29 is 4.42 Å². The second-order valence-corrected chi connectivity index (χ2v) is 17.0. The van der Waals surface area contributed by atoms with Crippen LogP contribution in [0.4, 0.5) is 28.4 Å². The highest BCUT2D eigenvalue weighted by Gasteiger charge is 2.53. The highest BCUT2D eigenvalue weighted by Crippen LogP contribution is 2.64. The average Bonchev–Trinajstić information content (AvgIpc) is 3.87. The fourth-order valence-electron chi connectivity index (χ4n) is 11.3. The van der Waals surface area contributed by atoms with Crippen LogP contribution in [0.2, 0.25) is 0 Å². The molecule has 1 N–H and O–H groups in total. The van der Waals surface area contributed by atoms with E-state index in [9.17, 15) is 0 Å². The van der Waals surface area contributed by atoms with E-state index in [0.29, 0.717) is 0 Å². The summed E-state index contributed by atoms with van der Waals surface area (Å²) in [5, 5.41) is 8.47. The van der Waals surface area contributed by atoms with Gasteiger partial charge in [-0.05, 0) is 103 Å². The van der Waals surface area contributed by atoms with Gasteiger partial charge in [0.05, 0.1) is 16.8 Å². The predicted octanol–water partition coefficient (Wildman–Crippen LogP) is 13.9. The van der Waals surface area contributed by atoms with Gasteiger partial charge in [0, 0.05) is 33.4 Å². The maximum atomic E-state index is 7.08. The summed E-state index contributed by atoms with van der Waals surface area (Å²) in [6.45, 7) is 0. The van der Waals surface area contributed by atoms with Gasteiger partial charge in [-0.15, -0.1) is 0 Å². The van der Waals surface area contributed by atoms with Crippen LogP contribution in [0.15, 0.2) is 217 Å². The minimum absolute atomic E-state index is 0.510. The third-order valence-electron chi connectivity index (χ3n) is 13.9. The summed E-state index contributed by atoms with van der Waals surface area (Å²) < 4.78 is 7.08. The van der Waals surface area contributed by atoms with Crippen molar-refractivity contribution >= 4 is 79.4 Å². The number of fused-ring (bicyclic) bond motifs is 16. The molecule has 4 heteroatoms. The highest BCUT2D eigenvalue weighted by atomic mass is 16.3. The van der Waals surface area contributed by atoms with Gasteiger partial charge in [-0.25, -0.2) is 0 Å². The molecular weight excluding hydrogens is 763 g/mol. The lowest BCUT2D eigenvalue weighted by atomic mass is 9.54. The lowest BCUT2D eigenvalue weighted by Gasteiger charge is -2.48. The van der Waals surface area contributed by atoms with Crippen LogP contribution in [-0.2, 0) is 5.41 Å². The van der Waals surface area contributed by atoms with Gasteiger partial charge in [0.25, 0.3) is 0 Å². The summed E-state index contributed by atoms with van der Waals surface area (Å²) in [6.07, 6.45) is 0. The second-order valence-electron chi connectivity index (χ2n) is 17.0. The Bertz CT molecular complexity index is 3650. The fraction of sp³-hybridized carbons (Fsp3) is 0.0169. The van der Waals surface area contributed by atoms with Gasteiger partial charge in [-0.2, -0.15) is 0 Å². The third kappa shape index (κ3) is 4.70. The Balaban J connectivity index is 1.06. The number of furan rings is 1. The summed E-state index contributed by atoms with van der Waals surface area (Å²) in [5.41, 5.74) is 21.5. The lowest BCUT2D eigenvalue weighted by molar-refractivity contribution is 0.668. The van der Waals surface area contributed by atoms with E-state index in [4.69, 9.17) is 4.42 Å². The Morgan fingerprint density at radius 3 is 1.92 bits per heavy atom. The molecule has 3 aliphatic rings. The minimum Gasteiger partial charge on any atom is -0.454 e. The van der Waals surface area contributed by atoms with Crippen LogP contribution in [0.25, 0.3) is 66.1 Å². The van der Waals surface area contributed by atoms with Crippen molar-refractivity contribution in [1.29, 1.82) is 0 Å². The summed E-state index contributed by atoms with van der Waals surface area (Å²) in [4.78, 5) is 2.54. The molecule has 0 saturated heterocycles. The number of rotatable bonds is 4. The second kappa shape index (κ2) is 13.0. The van der Waals surface area contributed by atoms with Gasteiger partial charge < -0.3 is 14.6 Å². The largest absolute Gasteiger partial charge is 0.454 e. The third-order valence-corrected chi connectivity index (χ3v) is 13.9. The summed E-state index contributed by atoms with van der Waals surface area (Å²) in [5.74, 6) is 0. The van der Waals surface area contributed by atoms with Crippen molar-refractivity contribution in [2.24, 2.45) is 0 Å². The van der Waals surface area contributed by atoms with Gasteiger partial charge in [-0.3, -0.25) is 0 Å². The highest BCUT2D eigenvalue weighted by molar-refractivity contribution is 6.74. The van der Waals surface area contributed by atoms with Gasteiger partial charge >= 0.3 is 0 Å². The first-order valence-corrected chi connectivity index (χ1v) is 21.8. The van der Waals surface area contributed by atoms with E-state index in [1.807, 2.05) is 0 Å². The fourth-order valence-corrected chi connectivity index (χ4v) is 11.3. The van der Waals surface area contributed by atoms with E-state index >= 15 is 0 Å². The standard InChI is InChI=1S/C59H36BN2O/c1-2-15-36(16-3-1)37-29-32-39(33-30-37)61-51-34-31-38-17-4-5-18-40(38)54(51)45-35-44-43-21-8-13-28-53(43)63-58(44)57-55(45)60-50-26-14-25-49-56(50)62(57)52-27-12-11-24-48(52)59(49)46-22-9-6-19-41(46)42-20-7-10-23-47(42)59/h1-35,61H. The molecule has 1 aromatic heterocycles. The van der Waals surface area contributed by atoms with Crippen LogP contribution in [-0.4, -0.2) is 7.28 Å². The summed E-state index contributed by atoms with van der Waals surface area (Å²) in [7, 11) is 2.43. The average molecular weight is 800 g/mol. The molecule has 1 radical (unpaired) electrons. The van der Waals surface area contributed by atoms with Crippen molar-refractivity contribution in [3.05, 3.63) is 235 Å². The molecule has 0 unspecified atom stereocenters. The molecule has 1 aliphatic carbocycles. The summed E-state index contributed by atoms with van der Waals surface area (Å²) in [6, 6.07) is 77.5. The zero-order valence-corrected chi connectivity index (χ0v) is 34.1. The molecule has 14 rings (SSSR count). The molecule has 3 nitrogen and oxygen atoms in total. The zero-order valence-electron chi connectivity index (χ0n) is 34.1. The lowest BCUT2D eigenvalue weighted by Crippen LogP contribution is -2.47. The SMILES string of the molecule is [B]1c2cccc3c2N(c2ccccc2C32c3ccccc3-c3ccccc32)c2c1c(-c1c(Nc3ccc(-c4ccccc4)cc3)ccc3ccccc13)cc1c2oc2ccccc21. The van der Waals surface area contributed by atoms with Crippen LogP contribution in [0.5, 0.6) is 0 Å². The molecule has 11 aromatic rings. The van der Waals surface area contributed by atoms with E-state index in [2.05, 4.69) is 230 Å². The Hall–Kier alpha value is -8.08. The molecule has 0 amide bonds. The Kier molecular flexibility index (Phi) is 7.13. The van der Waals surface area contributed by atoms with Gasteiger partial charge in [0.2, 0.25) is 0 Å². The number of para-hydroxylation sites is 3. The molecule has 63 heavy (non-hydrogen) atoms. The molecule has 10 aromatic carbocycles. The Morgan fingerprint density at radius 2 is 1.11 bits per heavy atom. The molecule has 2 aliphatic heterocycles. The number of anilines is 5. The van der Waals surface area contributed by atoms with Crippen LogP contribution < -0.4 is 21.1 Å². The minimum atomic E-state index is -0.510. The van der Waals surface area contributed by atoms with E-state index in [-0.39, 0.29) is 0 Å². The maximum Gasteiger partial charge on any atom is 0.198 e. The zero-order chi connectivity index (χ0) is 41.2. The molecule has 291 valence electrons. The van der Waals surface area contributed by atoms with Crippen molar-refractivity contribution in [1.82, 2.24) is 0 Å². The van der Waals surface area contributed by atoms with E-state index < -0.39 is 5.41 Å². The van der Waals surface area contributed by atoms with Crippen molar-refractivity contribution in [2.45, 2.75) is 5.41 Å². The first kappa shape index (κ1) is 34.6. The van der Waals surface area contributed by atoms with Crippen LogP contribution in [0.3, 0.4) is 0 Å². The van der Waals surface area contributed by atoms with Crippen LogP contribution in [0.1, 0.15) is 22.3 Å². The molecule has 0 atom stereocenters. The topological polar surface area (TPSA) is 28.4 Å². The number of nitrogens with zero attached hydrogens (tertiary/aromatic N) is 1. The van der Waals surface area contributed by atoms with E-state index in [1.54, 1.807) is 0 Å². The predicted molar refractivity (Wildman–Crippen MR) is 262 cm³/mol. The molecule has 3 heterocycles. The van der Waals surface area contributed by atoms with Crippen molar-refractivity contribution in [2.75, 3.05) is 10.2 Å². The number of hydrogen-bond acceptors (Lipinski definition) is 3. The van der Waals surface area contributed by atoms with Crippen molar-refractivity contribution in [3.8, 4) is 33.4 Å². The maximum absolute atomic E-state index is 7.08. The molecule has 0 saturated carbocycles. The van der Waals surface area contributed by atoms with Gasteiger partial charge in [0.15, 0.2) is 12.9 Å².